The highest BCUT2D eigenvalue weighted by atomic mass is 19.1. The lowest BCUT2D eigenvalue weighted by Gasteiger charge is -2.34. The fraction of sp³-hybridized carbons (Fsp3) is 0.550. The summed E-state index contributed by atoms with van der Waals surface area (Å²) in [4.78, 5) is 12.5. The van der Waals surface area contributed by atoms with E-state index in [9.17, 15) is 4.39 Å². The van der Waals surface area contributed by atoms with Crippen LogP contribution in [0, 0.1) is 5.92 Å². The van der Waals surface area contributed by atoms with Gasteiger partial charge in [-0.05, 0) is 43.6 Å². The monoisotopic (exact) mass is 357 g/mol. The van der Waals surface area contributed by atoms with Crippen molar-refractivity contribution in [3.63, 3.8) is 0 Å². The van der Waals surface area contributed by atoms with Crippen LogP contribution in [0.25, 0.3) is 0 Å². The van der Waals surface area contributed by atoms with Crippen molar-refractivity contribution in [1.29, 1.82) is 0 Å². The zero-order chi connectivity index (χ0) is 18.4. The molecule has 0 amide bonds. The van der Waals surface area contributed by atoms with Gasteiger partial charge in [0.1, 0.15) is 0 Å². The van der Waals surface area contributed by atoms with Gasteiger partial charge in [-0.2, -0.15) is 15.0 Å². The molecule has 5 nitrogen and oxygen atoms in total. The molecule has 26 heavy (non-hydrogen) atoms. The summed E-state index contributed by atoms with van der Waals surface area (Å²) in [5, 5.41) is 3.42. The normalized spacial score (nSPS) is 16.7. The Balaban J connectivity index is 1.70. The lowest BCUT2D eigenvalue weighted by molar-refractivity contribution is 0.265. The second-order valence-corrected chi connectivity index (χ2v) is 7.10. The molecule has 3 rings (SSSR count). The molecule has 0 saturated heterocycles. The van der Waals surface area contributed by atoms with Crippen LogP contribution in [0.15, 0.2) is 30.3 Å². The predicted molar refractivity (Wildman–Crippen MR) is 103 cm³/mol. The first-order chi connectivity index (χ1) is 12.7. The molecule has 1 aliphatic rings. The van der Waals surface area contributed by atoms with Gasteiger partial charge in [0.15, 0.2) is 12.0 Å². The van der Waals surface area contributed by atoms with Crippen LogP contribution in [-0.4, -0.2) is 21.0 Å². The highest BCUT2D eigenvalue weighted by Gasteiger charge is 2.28. The van der Waals surface area contributed by atoms with Gasteiger partial charge in [0.25, 0.3) is 0 Å². The number of hydrogen-bond acceptors (Lipinski definition) is 5. The molecule has 0 radical (unpaired) electrons. The van der Waals surface area contributed by atoms with Gasteiger partial charge < -0.3 is 11.1 Å². The van der Waals surface area contributed by atoms with E-state index in [-0.39, 0.29) is 17.8 Å². The number of nitrogens with one attached hydrogen (secondary N) is 1. The zero-order valence-electron chi connectivity index (χ0n) is 15.4. The average Bonchev–Trinajstić information content (AvgIpc) is 2.59. The molecule has 1 aromatic carbocycles. The molecule has 6 heteroatoms. The van der Waals surface area contributed by atoms with Gasteiger partial charge in [0, 0.05) is 6.04 Å². The molecule has 0 bridgehead atoms. The lowest BCUT2D eigenvalue weighted by atomic mass is 9.78. The summed E-state index contributed by atoms with van der Waals surface area (Å²) >= 11 is 0. The maximum Gasteiger partial charge on any atom is 0.228 e. The quantitative estimate of drug-likeness (QED) is 0.692. The third kappa shape index (κ3) is 4.90. The van der Waals surface area contributed by atoms with Crippen molar-refractivity contribution in [2.75, 3.05) is 11.1 Å². The number of benzene rings is 1. The Morgan fingerprint density at radius 3 is 2.58 bits per heavy atom. The summed E-state index contributed by atoms with van der Waals surface area (Å²) in [5.41, 5.74) is 7.11. The molecule has 2 atom stereocenters. The molecule has 0 unspecified atom stereocenters. The first kappa shape index (κ1) is 18.5. The standard InChI is InChI=1S/C20H28FN5/c1-2-7-16(21)18-24-19(22)26-20(25-18)23-17(15-10-6-11-15)13-12-14-8-4-3-5-9-14/h3-5,8-9,15-17H,2,6-7,10-13H2,1H3,(H3,22,23,24,25,26)/t16-,17-/m0/s1. The number of aryl methyl sites for hydroxylation is 1. The van der Waals surface area contributed by atoms with Crippen LogP contribution in [0.2, 0.25) is 0 Å². The third-order valence-corrected chi connectivity index (χ3v) is 5.11. The summed E-state index contributed by atoms with van der Waals surface area (Å²) in [6.07, 6.45) is 5.59. The van der Waals surface area contributed by atoms with E-state index in [2.05, 4.69) is 44.5 Å². The van der Waals surface area contributed by atoms with E-state index in [1.54, 1.807) is 0 Å². The fourth-order valence-corrected chi connectivity index (χ4v) is 3.40. The minimum Gasteiger partial charge on any atom is -0.368 e. The number of nitrogens with zero attached hydrogens (tertiary/aromatic N) is 3. The highest BCUT2D eigenvalue weighted by molar-refractivity contribution is 5.33. The minimum atomic E-state index is -1.20. The van der Waals surface area contributed by atoms with Crippen LogP contribution in [0.4, 0.5) is 16.3 Å². The molecular weight excluding hydrogens is 329 g/mol. The van der Waals surface area contributed by atoms with E-state index < -0.39 is 6.17 Å². The first-order valence-electron chi connectivity index (χ1n) is 9.61. The molecule has 1 saturated carbocycles. The maximum atomic E-state index is 14.2. The number of anilines is 2. The summed E-state index contributed by atoms with van der Waals surface area (Å²) < 4.78 is 14.2. The van der Waals surface area contributed by atoms with Crippen LogP contribution >= 0.6 is 0 Å². The molecule has 1 aromatic heterocycles. The van der Waals surface area contributed by atoms with Gasteiger partial charge in [-0.1, -0.05) is 50.1 Å². The molecule has 0 aliphatic heterocycles. The van der Waals surface area contributed by atoms with Gasteiger partial charge >= 0.3 is 0 Å². The van der Waals surface area contributed by atoms with Gasteiger partial charge in [0.05, 0.1) is 0 Å². The lowest BCUT2D eigenvalue weighted by Crippen LogP contribution is -2.35. The number of nitrogen functional groups attached to an aromatic ring is 1. The van der Waals surface area contributed by atoms with E-state index in [0.717, 1.165) is 19.3 Å². The molecule has 1 fully saturated rings. The van der Waals surface area contributed by atoms with Crippen molar-refractivity contribution in [3.8, 4) is 0 Å². The van der Waals surface area contributed by atoms with Crippen LogP contribution in [-0.2, 0) is 6.42 Å². The smallest absolute Gasteiger partial charge is 0.228 e. The summed E-state index contributed by atoms with van der Waals surface area (Å²) in [6, 6.07) is 10.7. The van der Waals surface area contributed by atoms with Crippen LogP contribution in [0.1, 0.15) is 63.0 Å². The van der Waals surface area contributed by atoms with Crippen molar-refractivity contribution in [2.45, 2.75) is 64.1 Å². The van der Waals surface area contributed by atoms with E-state index >= 15 is 0 Å². The zero-order valence-corrected chi connectivity index (χ0v) is 15.4. The molecule has 140 valence electrons. The molecule has 3 N–H and O–H groups in total. The molecular formula is C20H28FN5. The summed E-state index contributed by atoms with van der Waals surface area (Å²) in [5.74, 6) is 1.22. The van der Waals surface area contributed by atoms with Crippen LogP contribution < -0.4 is 11.1 Å². The third-order valence-electron chi connectivity index (χ3n) is 5.11. The Labute approximate surface area is 154 Å². The number of nitrogens with two attached hydrogens (primary N) is 1. The number of alkyl halides is 1. The van der Waals surface area contributed by atoms with Crippen molar-refractivity contribution in [2.24, 2.45) is 5.92 Å². The number of halogens is 1. The molecule has 2 aromatic rings. The fourth-order valence-electron chi connectivity index (χ4n) is 3.40. The Hall–Kier alpha value is -2.24. The number of aromatic nitrogens is 3. The number of rotatable bonds is 9. The number of hydrogen-bond donors (Lipinski definition) is 2. The SMILES string of the molecule is CCC[C@H](F)c1nc(N)nc(N[C@@H](CCc2ccccc2)C2CCC2)n1. The van der Waals surface area contributed by atoms with Crippen molar-refractivity contribution < 1.29 is 4.39 Å². The van der Waals surface area contributed by atoms with Gasteiger partial charge in [-0.25, -0.2) is 4.39 Å². The minimum absolute atomic E-state index is 0.0756. The van der Waals surface area contributed by atoms with Crippen molar-refractivity contribution >= 4 is 11.9 Å². The molecule has 0 spiro atoms. The van der Waals surface area contributed by atoms with E-state index in [4.69, 9.17) is 5.73 Å². The van der Waals surface area contributed by atoms with Crippen molar-refractivity contribution in [3.05, 3.63) is 41.7 Å². The Kier molecular flexibility index (Phi) is 6.36. The van der Waals surface area contributed by atoms with Gasteiger partial charge in [-0.15, -0.1) is 0 Å². The second-order valence-electron chi connectivity index (χ2n) is 7.10. The van der Waals surface area contributed by atoms with Gasteiger partial charge in [0.2, 0.25) is 11.9 Å². The van der Waals surface area contributed by atoms with E-state index in [1.165, 1.54) is 24.8 Å². The van der Waals surface area contributed by atoms with E-state index in [0.29, 0.717) is 18.3 Å². The average molecular weight is 357 g/mol. The molecule has 1 aliphatic carbocycles. The largest absolute Gasteiger partial charge is 0.368 e. The summed E-state index contributed by atoms with van der Waals surface area (Å²) in [7, 11) is 0. The predicted octanol–water partition coefficient (Wildman–Crippen LogP) is 4.48. The van der Waals surface area contributed by atoms with Crippen LogP contribution in [0.5, 0.6) is 0 Å². The first-order valence-corrected chi connectivity index (χ1v) is 9.61. The highest BCUT2D eigenvalue weighted by Crippen LogP contribution is 2.33. The Bertz CT molecular complexity index is 690. The summed E-state index contributed by atoms with van der Waals surface area (Å²) in [6.45, 7) is 1.94. The maximum absolute atomic E-state index is 14.2. The topological polar surface area (TPSA) is 76.7 Å². The van der Waals surface area contributed by atoms with Gasteiger partial charge in [-0.3, -0.25) is 0 Å². The van der Waals surface area contributed by atoms with Crippen LogP contribution in [0.3, 0.4) is 0 Å². The second kappa shape index (κ2) is 8.92. The van der Waals surface area contributed by atoms with E-state index in [1.807, 2.05) is 13.0 Å². The van der Waals surface area contributed by atoms with Crippen molar-refractivity contribution in [1.82, 2.24) is 15.0 Å². The Morgan fingerprint density at radius 1 is 1.15 bits per heavy atom. The molecule has 1 heterocycles. The Morgan fingerprint density at radius 2 is 1.92 bits per heavy atom.